The van der Waals surface area contributed by atoms with Crippen molar-refractivity contribution in [2.24, 2.45) is 5.92 Å². The van der Waals surface area contributed by atoms with E-state index in [1.807, 2.05) is 36.5 Å². The summed E-state index contributed by atoms with van der Waals surface area (Å²) in [6.45, 7) is 0.556. The van der Waals surface area contributed by atoms with E-state index in [1.54, 1.807) is 0 Å². The summed E-state index contributed by atoms with van der Waals surface area (Å²) in [7, 11) is 0. The monoisotopic (exact) mass is 366 g/mol. The zero-order valence-corrected chi connectivity index (χ0v) is 15.4. The maximum absolute atomic E-state index is 12.5. The summed E-state index contributed by atoms with van der Waals surface area (Å²) < 4.78 is 0. The van der Waals surface area contributed by atoms with Gasteiger partial charge in [-0.3, -0.25) is 4.79 Å². The van der Waals surface area contributed by atoms with Gasteiger partial charge in [0.1, 0.15) is 0 Å². The molecule has 1 unspecified atom stereocenters. The van der Waals surface area contributed by atoms with Crippen molar-refractivity contribution in [2.75, 3.05) is 6.54 Å². The van der Waals surface area contributed by atoms with Crippen LogP contribution in [0.3, 0.4) is 0 Å². The summed E-state index contributed by atoms with van der Waals surface area (Å²) in [6, 6.07) is 16.2. The van der Waals surface area contributed by atoms with Gasteiger partial charge < -0.3 is 10.3 Å². The van der Waals surface area contributed by atoms with Gasteiger partial charge in [0, 0.05) is 40.5 Å². The van der Waals surface area contributed by atoms with Crippen LogP contribution in [0.5, 0.6) is 0 Å². The van der Waals surface area contributed by atoms with E-state index in [-0.39, 0.29) is 17.7 Å². The Morgan fingerprint density at radius 1 is 1.08 bits per heavy atom. The Morgan fingerprint density at radius 3 is 2.62 bits per heavy atom. The molecule has 3 nitrogen and oxygen atoms in total. The fourth-order valence-electron chi connectivity index (χ4n) is 4.06. The third-order valence-corrected chi connectivity index (χ3v) is 5.83. The Hall–Kier alpha value is -2.26. The van der Waals surface area contributed by atoms with E-state index in [2.05, 4.69) is 28.5 Å². The molecule has 0 radical (unpaired) electrons. The summed E-state index contributed by atoms with van der Waals surface area (Å²) in [4.78, 5) is 15.9. The fraction of sp³-hybridized carbons (Fsp3) is 0.318. The third-order valence-electron chi connectivity index (χ3n) is 5.48. The Balaban J connectivity index is 1.66. The topological polar surface area (TPSA) is 44.9 Å². The molecule has 1 saturated carbocycles. The molecule has 0 saturated heterocycles. The number of para-hydroxylation sites is 1. The molecule has 1 amide bonds. The number of rotatable bonds is 5. The molecule has 2 N–H and O–H groups in total. The fourth-order valence-corrected chi connectivity index (χ4v) is 4.33. The van der Waals surface area contributed by atoms with Crippen molar-refractivity contribution in [3.63, 3.8) is 0 Å². The van der Waals surface area contributed by atoms with Gasteiger partial charge in [0.25, 0.3) is 0 Å². The van der Waals surface area contributed by atoms with Crippen molar-refractivity contribution in [3.8, 4) is 0 Å². The van der Waals surface area contributed by atoms with E-state index in [1.165, 1.54) is 10.9 Å². The number of fused-ring (bicyclic) bond motifs is 1. The number of hydrogen-bond donors (Lipinski definition) is 2. The summed E-state index contributed by atoms with van der Waals surface area (Å²) in [5, 5.41) is 5.10. The lowest BCUT2D eigenvalue weighted by molar-refractivity contribution is -0.124. The van der Waals surface area contributed by atoms with E-state index < -0.39 is 0 Å². The van der Waals surface area contributed by atoms with Gasteiger partial charge in [-0.1, -0.05) is 60.8 Å². The lowest BCUT2D eigenvalue weighted by Crippen LogP contribution is -2.33. The second-order valence-electron chi connectivity index (χ2n) is 7.09. The Kier molecular flexibility index (Phi) is 4.98. The standard InChI is InChI=1S/C22H23ClN2O/c23-20-11-5-3-9-16(20)18(14-25-22(26)15-7-1-2-8-15)19-13-24-21-12-6-4-10-17(19)21/h3-6,9-13,15,18,24H,1-2,7-8,14H2,(H,25,26). The molecule has 1 fully saturated rings. The average Bonchev–Trinajstić information content (AvgIpc) is 3.33. The van der Waals surface area contributed by atoms with E-state index in [4.69, 9.17) is 11.6 Å². The first-order valence-corrected chi connectivity index (χ1v) is 9.70. The molecule has 0 spiro atoms. The second kappa shape index (κ2) is 7.55. The van der Waals surface area contributed by atoms with Crippen LogP contribution in [0.4, 0.5) is 0 Å². The molecular formula is C22H23ClN2O. The molecule has 1 heterocycles. The third kappa shape index (κ3) is 3.36. The van der Waals surface area contributed by atoms with Crippen LogP contribution in [0.2, 0.25) is 5.02 Å². The van der Waals surface area contributed by atoms with Crippen molar-refractivity contribution in [1.29, 1.82) is 0 Å². The summed E-state index contributed by atoms with van der Waals surface area (Å²) in [5.41, 5.74) is 3.31. The molecule has 1 atom stereocenters. The molecule has 134 valence electrons. The van der Waals surface area contributed by atoms with Crippen molar-refractivity contribution in [3.05, 3.63) is 70.9 Å². The largest absolute Gasteiger partial charge is 0.361 e. The minimum absolute atomic E-state index is 0.0187. The number of halogens is 1. The highest BCUT2D eigenvalue weighted by Gasteiger charge is 2.25. The predicted molar refractivity (Wildman–Crippen MR) is 107 cm³/mol. The van der Waals surface area contributed by atoms with Crippen LogP contribution >= 0.6 is 11.6 Å². The summed E-state index contributed by atoms with van der Waals surface area (Å²) in [6.07, 6.45) is 6.38. The zero-order chi connectivity index (χ0) is 17.9. The van der Waals surface area contributed by atoms with Crippen LogP contribution in [0, 0.1) is 5.92 Å². The lowest BCUT2D eigenvalue weighted by atomic mass is 9.90. The summed E-state index contributed by atoms with van der Waals surface area (Å²) >= 11 is 6.51. The molecule has 4 heteroatoms. The normalized spacial score (nSPS) is 16.0. The van der Waals surface area contributed by atoms with E-state index in [0.717, 1.165) is 41.8 Å². The Morgan fingerprint density at radius 2 is 1.81 bits per heavy atom. The second-order valence-corrected chi connectivity index (χ2v) is 7.50. The molecule has 26 heavy (non-hydrogen) atoms. The van der Waals surface area contributed by atoms with Gasteiger partial charge in [0.15, 0.2) is 0 Å². The SMILES string of the molecule is O=C(NCC(c1ccccc1Cl)c1c[nH]c2ccccc12)C1CCCC1. The van der Waals surface area contributed by atoms with Gasteiger partial charge >= 0.3 is 0 Å². The number of carbonyl (C=O) groups is 1. The van der Waals surface area contributed by atoms with Crippen LogP contribution in [-0.4, -0.2) is 17.4 Å². The van der Waals surface area contributed by atoms with Crippen molar-refractivity contribution in [1.82, 2.24) is 10.3 Å². The van der Waals surface area contributed by atoms with Gasteiger partial charge in [-0.05, 0) is 36.1 Å². The van der Waals surface area contributed by atoms with Crippen molar-refractivity contribution >= 4 is 28.4 Å². The molecule has 3 aromatic rings. The highest BCUT2D eigenvalue weighted by atomic mass is 35.5. The molecule has 2 aromatic carbocycles. The van der Waals surface area contributed by atoms with Crippen molar-refractivity contribution < 1.29 is 4.79 Å². The number of nitrogens with one attached hydrogen (secondary N) is 2. The van der Waals surface area contributed by atoms with Crippen LogP contribution in [0.1, 0.15) is 42.7 Å². The number of H-pyrrole nitrogens is 1. The number of amides is 1. The van der Waals surface area contributed by atoms with E-state index in [9.17, 15) is 4.79 Å². The highest BCUT2D eigenvalue weighted by molar-refractivity contribution is 6.31. The molecule has 1 aromatic heterocycles. The number of aromatic nitrogens is 1. The maximum Gasteiger partial charge on any atom is 0.223 e. The average molecular weight is 367 g/mol. The molecule has 0 bridgehead atoms. The zero-order valence-electron chi connectivity index (χ0n) is 14.7. The van der Waals surface area contributed by atoms with Gasteiger partial charge in [-0.15, -0.1) is 0 Å². The minimum Gasteiger partial charge on any atom is -0.361 e. The first-order valence-electron chi connectivity index (χ1n) is 9.32. The molecule has 0 aliphatic heterocycles. The van der Waals surface area contributed by atoms with Gasteiger partial charge in [-0.25, -0.2) is 0 Å². The van der Waals surface area contributed by atoms with Gasteiger partial charge in [0.2, 0.25) is 5.91 Å². The highest BCUT2D eigenvalue weighted by Crippen LogP contribution is 2.34. The minimum atomic E-state index is 0.0187. The maximum atomic E-state index is 12.5. The first-order chi connectivity index (χ1) is 12.7. The quantitative estimate of drug-likeness (QED) is 0.635. The molecule has 4 rings (SSSR count). The van der Waals surface area contributed by atoms with Crippen LogP contribution in [0.25, 0.3) is 10.9 Å². The first kappa shape index (κ1) is 17.2. The number of benzene rings is 2. The lowest BCUT2D eigenvalue weighted by Gasteiger charge is -2.20. The van der Waals surface area contributed by atoms with Gasteiger partial charge in [0.05, 0.1) is 0 Å². The predicted octanol–water partition coefficient (Wildman–Crippen LogP) is 5.26. The van der Waals surface area contributed by atoms with Gasteiger partial charge in [-0.2, -0.15) is 0 Å². The smallest absolute Gasteiger partial charge is 0.223 e. The summed E-state index contributed by atoms with van der Waals surface area (Å²) in [5.74, 6) is 0.370. The number of aromatic amines is 1. The number of hydrogen-bond acceptors (Lipinski definition) is 1. The van der Waals surface area contributed by atoms with Crippen LogP contribution < -0.4 is 5.32 Å². The molecule has 1 aliphatic carbocycles. The van der Waals surface area contributed by atoms with Crippen molar-refractivity contribution in [2.45, 2.75) is 31.6 Å². The van der Waals surface area contributed by atoms with E-state index in [0.29, 0.717) is 6.54 Å². The number of carbonyl (C=O) groups excluding carboxylic acids is 1. The molecular weight excluding hydrogens is 344 g/mol. The Bertz CT molecular complexity index is 911. The van der Waals surface area contributed by atoms with Crippen LogP contribution in [0.15, 0.2) is 54.7 Å². The Labute approximate surface area is 158 Å². The van der Waals surface area contributed by atoms with E-state index >= 15 is 0 Å². The van der Waals surface area contributed by atoms with Crippen LogP contribution in [-0.2, 0) is 4.79 Å². The molecule has 1 aliphatic rings.